The summed E-state index contributed by atoms with van der Waals surface area (Å²) >= 11 is 0. The molecule has 4 rings (SSSR count). The van der Waals surface area contributed by atoms with Gasteiger partial charge in [0.1, 0.15) is 11.5 Å². The van der Waals surface area contributed by atoms with Crippen molar-refractivity contribution in [2.24, 2.45) is 23.7 Å². The molecule has 0 heterocycles. The van der Waals surface area contributed by atoms with Gasteiger partial charge in [0.25, 0.3) is 0 Å². The molecule has 2 aromatic carbocycles. The van der Waals surface area contributed by atoms with Crippen molar-refractivity contribution in [3.05, 3.63) is 59.7 Å². The summed E-state index contributed by atoms with van der Waals surface area (Å²) in [5, 5.41) is 39.0. The number of aliphatic hydroxyl groups is 2. The molecular weight excluding hydrogens is 376 g/mol. The molecule has 4 heteroatoms. The van der Waals surface area contributed by atoms with Crippen molar-refractivity contribution in [3.63, 3.8) is 0 Å². The fraction of sp³-hybridized carbons (Fsp3) is 0.538. The summed E-state index contributed by atoms with van der Waals surface area (Å²) in [5.41, 5.74) is 1.68. The van der Waals surface area contributed by atoms with E-state index in [1.807, 2.05) is 12.1 Å². The molecule has 2 aliphatic carbocycles. The molecule has 30 heavy (non-hydrogen) atoms. The molecule has 4 N–H and O–H groups in total. The molecule has 0 unspecified atom stereocenters. The zero-order valence-electron chi connectivity index (χ0n) is 18.1. The van der Waals surface area contributed by atoms with E-state index in [9.17, 15) is 20.4 Å². The number of benzene rings is 2. The average molecular weight is 413 g/mol. The number of hydrogen-bond donors (Lipinski definition) is 4. The molecule has 2 aromatic rings. The minimum atomic E-state index is -0.415. The van der Waals surface area contributed by atoms with Gasteiger partial charge in [0.05, 0.1) is 12.2 Å². The third-order valence-corrected chi connectivity index (χ3v) is 6.79. The zero-order chi connectivity index (χ0) is 21.7. The van der Waals surface area contributed by atoms with E-state index in [1.54, 1.807) is 36.4 Å². The summed E-state index contributed by atoms with van der Waals surface area (Å²) in [6, 6.07) is 13.9. The maximum atomic E-state index is 10.2. The second-order valence-electron chi connectivity index (χ2n) is 9.44. The van der Waals surface area contributed by atoms with Gasteiger partial charge in [0.2, 0.25) is 0 Å². The van der Waals surface area contributed by atoms with Crippen molar-refractivity contribution in [2.45, 2.75) is 64.6 Å². The molecule has 6 atom stereocenters. The predicted octanol–water partition coefficient (Wildman–Crippen LogP) is 5.72. The van der Waals surface area contributed by atoms with Gasteiger partial charge in [-0.25, -0.2) is 0 Å². The van der Waals surface area contributed by atoms with Crippen molar-refractivity contribution in [3.8, 4) is 11.5 Å². The third-order valence-electron chi connectivity index (χ3n) is 6.79. The lowest BCUT2D eigenvalue weighted by Gasteiger charge is -2.18. The van der Waals surface area contributed by atoms with E-state index < -0.39 is 12.2 Å². The number of phenolic OH excluding ortho intramolecular Hbond substituents is 2. The maximum absolute atomic E-state index is 10.2. The fourth-order valence-corrected chi connectivity index (χ4v) is 5.04. The van der Waals surface area contributed by atoms with Crippen LogP contribution in [-0.2, 0) is 0 Å². The molecule has 0 spiro atoms. The lowest BCUT2D eigenvalue weighted by atomic mass is 9.93. The Morgan fingerprint density at radius 1 is 0.667 bits per heavy atom. The summed E-state index contributed by atoms with van der Waals surface area (Å²) < 4.78 is 0. The second-order valence-corrected chi connectivity index (χ2v) is 9.44. The lowest BCUT2D eigenvalue weighted by Crippen LogP contribution is -2.09. The molecule has 0 radical (unpaired) electrons. The molecule has 0 aromatic heterocycles. The van der Waals surface area contributed by atoms with E-state index in [1.165, 1.54) is 12.8 Å². The Labute approximate surface area is 180 Å². The molecule has 0 saturated heterocycles. The van der Waals surface area contributed by atoms with Gasteiger partial charge in [-0.15, -0.1) is 0 Å². The van der Waals surface area contributed by atoms with Gasteiger partial charge < -0.3 is 20.4 Å². The molecule has 2 saturated carbocycles. The molecule has 4 nitrogen and oxygen atoms in total. The Bertz CT molecular complexity index is 738. The highest BCUT2D eigenvalue weighted by molar-refractivity contribution is 5.29. The quantitative estimate of drug-likeness (QED) is 0.517. The highest BCUT2D eigenvalue weighted by atomic mass is 16.3. The first-order chi connectivity index (χ1) is 14.3. The van der Waals surface area contributed by atoms with Gasteiger partial charge in [-0.1, -0.05) is 51.0 Å². The Balaban J connectivity index is 0.000000171. The van der Waals surface area contributed by atoms with Gasteiger partial charge in [0, 0.05) is 0 Å². The summed E-state index contributed by atoms with van der Waals surface area (Å²) in [6.45, 7) is 4.46. The second kappa shape index (κ2) is 10.3. The fourth-order valence-electron chi connectivity index (χ4n) is 5.04. The van der Waals surface area contributed by atoms with Crippen LogP contribution in [0.25, 0.3) is 0 Å². The van der Waals surface area contributed by atoms with Crippen molar-refractivity contribution >= 4 is 0 Å². The first kappa shape index (κ1) is 22.6. The molecule has 0 bridgehead atoms. The van der Waals surface area contributed by atoms with Crippen LogP contribution in [0.5, 0.6) is 11.5 Å². The largest absolute Gasteiger partial charge is 0.508 e. The van der Waals surface area contributed by atoms with Gasteiger partial charge in [-0.3, -0.25) is 0 Å². The zero-order valence-corrected chi connectivity index (χ0v) is 18.1. The van der Waals surface area contributed by atoms with Crippen molar-refractivity contribution in [1.29, 1.82) is 0 Å². The van der Waals surface area contributed by atoms with E-state index >= 15 is 0 Å². The minimum Gasteiger partial charge on any atom is -0.508 e. The summed E-state index contributed by atoms with van der Waals surface area (Å²) in [4.78, 5) is 0. The van der Waals surface area contributed by atoms with Crippen LogP contribution in [0.1, 0.15) is 75.7 Å². The van der Waals surface area contributed by atoms with E-state index in [4.69, 9.17) is 0 Å². The van der Waals surface area contributed by atoms with Crippen LogP contribution in [0.15, 0.2) is 48.5 Å². The summed E-state index contributed by atoms with van der Waals surface area (Å²) in [5.74, 6) is 2.64. The number of rotatable bonds is 4. The van der Waals surface area contributed by atoms with Gasteiger partial charge in [-0.2, -0.15) is 0 Å². The molecular formula is C26H36O4. The van der Waals surface area contributed by atoms with Gasteiger partial charge >= 0.3 is 0 Å². The number of hydrogen-bond acceptors (Lipinski definition) is 4. The number of phenols is 2. The smallest absolute Gasteiger partial charge is 0.115 e. The Kier molecular flexibility index (Phi) is 7.79. The maximum Gasteiger partial charge on any atom is 0.115 e. The van der Waals surface area contributed by atoms with E-state index in [-0.39, 0.29) is 11.5 Å². The van der Waals surface area contributed by atoms with E-state index in [0.29, 0.717) is 11.8 Å². The van der Waals surface area contributed by atoms with Crippen molar-refractivity contribution < 1.29 is 20.4 Å². The normalized spacial score (nSPS) is 27.9. The summed E-state index contributed by atoms with van der Waals surface area (Å²) in [6.07, 6.45) is 5.97. The van der Waals surface area contributed by atoms with E-state index in [2.05, 4.69) is 13.8 Å². The number of aromatic hydroxyl groups is 2. The van der Waals surface area contributed by atoms with Crippen LogP contribution >= 0.6 is 0 Å². The molecule has 0 amide bonds. The first-order valence-electron chi connectivity index (χ1n) is 11.3. The van der Waals surface area contributed by atoms with Crippen molar-refractivity contribution in [1.82, 2.24) is 0 Å². The van der Waals surface area contributed by atoms with Gasteiger partial charge in [0.15, 0.2) is 0 Å². The SMILES string of the molecule is C[C@@H]1CC[C@H]([C@@H](O)c2cccc(O)c2)C1.C[C@H]1CC[C@@H]([C@H](O)c2cccc(O)c2)C1. The monoisotopic (exact) mass is 412 g/mol. The number of aliphatic hydroxyl groups excluding tert-OH is 2. The Hall–Kier alpha value is -2.04. The molecule has 2 fully saturated rings. The average Bonchev–Trinajstić information content (AvgIpc) is 3.36. The molecule has 0 aliphatic heterocycles. The topological polar surface area (TPSA) is 80.9 Å². The third kappa shape index (κ3) is 5.99. The van der Waals surface area contributed by atoms with Crippen molar-refractivity contribution in [2.75, 3.05) is 0 Å². The van der Waals surface area contributed by atoms with E-state index in [0.717, 1.165) is 48.6 Å². The van der Waals surface area contributed by atoms with Crippen LogP contribution in [0.2, 0.25) is 0 Å². The highest BCUT2D eigenvalue weighted by Gasteiger charge is 2.29. The highest BCUT2D eigenvalue weighted by Crippen LogP contribution is 2.40. The first-order valence-corrected chi connectivity index (χ1v) is 11.3. The standard InChI is InChI=1S/2C13H18O2/c2*1-9-5-6-11(7-9)13(15)10-3-2-4-12(14)8-10/h2*2-4,8-9,11,13-15H,5-7H2,1H3/t2*9-,11+,13+/m10/s1. The lowest BCUT2D eigenvalue weighted by molar-refractivity contribution is 0.109. The van der Waals surface area contributed by atoms with Crippen LogP contribution < -0.4 is 0 Å². The molecule has 164 valence electrons. The Morgan fingerprint density at radius 2 is 1.07 bits per heavy atom. The Morgan fingerprint density at radius 3 is 1.37 bits per heavy atom. The molecule has 2 aliphatic rings. The predicted molar refractivity (Wildman–Crippen MR) is 119 cm³/mol. The van der Waals surface area contributed by atoms with Crippen LogP contribution in [-0.4, -0.2) is 20.4 Å². The van der Waals surface area contributed by atoms with Crippen LogP contribution in [0.3, 0.4) is 0 Å². The van der Waals surface area contributed by atoms with Crippen LogP contribution in [0.4, 0.5) is 0 Å². The summed E-state index contributed by atoms with van der Waals surface area (Å²) in [7, 11) is 0. The minimum absolute atomic E-state index is 0.234. The van der Waals surface area contributed by atoms with Crippen LogP contribution in [0, 0.1) is 23.7 Å². The van der Waals surface area contributed by atoms with Gasteiger partial charge in [-0.05, 0) is 84.7 Å².